The molecule has 154 valence electrons. The Labute approximate surface area is 174 Å². The van der Waals surface area contributed by atoms with E-state index in [0.29, 0.717) is 9.88 Å². The lowest BCUT2D eigenvalue weighted by Crippen LogP contribution is -2.51. The third-order valence-electron chi connectivity index (χ3n) is 6.36. The number of hydrogen-bond donors (Lipinski definition) is 1. The summed E-state index contributed by atoms with van der Waals surface area (Å²) in [6.07, 6.45) is 4.49. The molecule has 2 saturated heterocycles. The molecule has 0 unspecified atom stereocenters. The van der Waals surface area contributed by atoms with Gasteiger partial charge in [0, 0.05) is 24.2 Å². The number of thiophene rings is 1. The predicted octanol–water partition coefficient (Wildman–Crippen LogP) is 4.15. The number of amides is 2. The first-order valence-electron chi connectivity index (χ1n) is 10.1. The third-order valence-corrected chi connectivity index (χ3v) is 7.50. The van der Waals surface area contributed by atoms with Crippen LogP contribution < -0.4 is 5.32 Å². The number of aryl methyl sites for hydroxylation is 1. The highest BCUT2D eigenvalue weighted by Gasteiger charge is 2.42. The highest BCUT2D eigenvalue weighted by Crippen LogP contribution is 2.38. The molecule has 4 rings (SSSR count). The summed E-state index contributed by atoms with van der Waals surface area (Å²) in [5.74, 6) is -0.796. The fourth-order valence-corrected chi connectivity index (χ4v) is 5.58. The number of rotatable bonds is 3. The summed E-state index contributed by atoms with van der Waals surface area (Å²) in [6.45, 7) is 4.57. The molecule has 2 aliphatic rings. The Morgan fingerprint density at radius 1 is 1.14 bits per heavy atom. The number of nitrogens with zero attached hydrogens (tertiary/aromatic N) is 2. The molecule has 1 N–H and O–H groups in total. The molecule has 0 bridgehead atoms. The van der Waals surface area contributed by atoms with Gasteiger partial charge in [0.05, 0.1) is 9.88 Å². The first-order chi connectivity index (χ1) is 13.9. The summed E-state index contributed by atoms with van der Waals surface area (Å²) in [7, 11) is 2.20. The van der Waals surface area contributed by atoms with E-state index in [4.69, 9.17) is 0 Å². The fourth-order valence-electron chi connectivity index (χ4n) is 4.54. The second-order valence-corrected chi connectivity index (χ2v) is 9.18. The number of carbonyl (C=O) groups is 2. The molecule has 2 amide bonds. The van der Waals surface area contributed by atoms with Crippen LogP contribution in [0.25, 0.3) is 0 Å². The van der Waals surface area contributed by atoms with Gasteiger partial charge in [-0.3, -0.25) is 9.59 Å². The molecule has 3 heterocycles. The Kier molecular flexibility index (Phi) is 5.44. The zero-order valence-corrected chi connectivity index (χ0v) is 17.7. The van der Waals surface area contributed by atoms with Gasteiger partial charge in [0.1, 0.15) is 5.82 Å². The van der Waals surface area contributed by atoms with Crippen LogP contribution in [0.2, 0.25) is 0 Å². The first kappa shape index (κ1) is 20.0. The van der Waals surface area contributed by atoms with Crippen molar-refractivity contribution in [2.75, 3.05) is 32.0 Å². The number of hydrogen-bond acceptors (Lipinski definition) is 4. The summed E-state index contributed by atoms with van der Waals surface area (Å²) < 4.78 is 13.3. The summed E-state index contributed by atoms with van der Waals surface area (Å²) in [5, 5.41) is 3.39. The smallest absolute Gasteiger partial charge is 0.264 e. The van der Waals surface area contributed by atoms with Crippen LogP contribution in [0.5, 0.6) is 0 Å². The van der Waals surface area contributed by atoms with E-state index in [0.717, 1.165) is 38.0 Å². The van der Waals surface area contributed by atoms with Gasteiger partial charge in [-0.25, -0.2) is 4.39 Å². The van der Waals surface area contributed by atoms with E-state index < -0.39 is 5.82 Å². The lowest BCUT2D eigenvalue weighted by molar-refractivity contribution is 0.0495. The van der Waals surface area contributed by atoms with Gasteiger partial charge in [-0.05, 0) is 76.0 Å². The molecule has 0 atom stereocenters. The maximum atomic E-state index is 13.3. The van der Waals surface area contributed by atoms with Crippen LogP contribution in [0, 0.1) is 12.7 Å². The molecule has 5 nitrogen and oxygen atoms in total. The van der Waals surface area contributed by atoms with Crippen molar-refractivity contribution in [3.8, 4) is 0 Å². The lowest BCUT2D eigenvalue weighted by Gasteiger charge is -2.43. The standard InChI is InChI=1S/C22H26FN3O2S/c1-15-13-18(24-20(27)16-5-3-6-17(23)14-16)29-19(15)21(28)26-11-8-22(9-12-26)7-4-10-25(22)2/h3,5-6,13-14H,4,7-12H2,1-2H3,(H,24,27). The molecule has 29 heavy (non-hydrogen) atoms. The van der Waals surface area contributed by atoms with Crippen LogP contribution in [0.15, 0.2) is 30.3 Å². The number of benzene rings is 1. The Morgan fingerprint density at radius 2 is 1.90 bits per heavy atom. The van der Waals surface area contributed by atoms with Crippen molar-refractivity contribution in [2.24, 2.45) is 0 Å². The molecule has 0 aliphatic carbocycles. The first-order valence-corrected chi connectivity index (χ1v) is 10.9. The lowest BCUT2D eigenvalue weighted by atomic mass is 9.85. The summed E-state index contributed by atoms with van der Waals surface area (Å²) in [6, 6.07) is 7.38. The number of anilines is 1. The van der Waals surface area contributed by atoms with Gasteiger partial charge >= 0.3 is 0 Å². The quantitative estimate of drug-likeness (QED) is 0.819. The average molecular weight is 416 g/mol. The maximum Gasteiger partial charge on any atom is 0.264 e. The Hall–Kier alpha value is -2.25. The normalized spacial score (nSPS) is 18.9. The van der Waals surface area contributed by atoms with Crippen molar-refractivity contribution in [1.82, 2.24) is 9.80 Å². The van der Waals surface area contributed by atoms with E-state index >= 15 is 0 Å². The monoisotopic (exact) mass is 415 g/mol. The number of likely N-dealkylation sites (tertiary alicyclic amines) is 2. The Balaban J connectivity index is 1.42. The Morgan fingerprint density at radius 3 is 2.55 bits per heavy atom. The van der Waals surface area contributed by atoms with Crippen molar-refractivity contribution < 1.29 is 14.0 Å². The Bertz CT molecular complexity index is 934. The van der Waals surface area contributed by atoms with Crippen molar-refractivity contribution in [1.29, 1.82) is 0 Å². The molecular weight excluding hydrogens is 389 g/mol. The van der Waals surface area contributed by atoms with E-state index in [-0.39, 0.29) is 22.9 Å². The predicted molar refractivity (Wildman–Crippen MR) is 113 cm³/mol. The molecule has 1 aromatic heterocycles. The van der Waals surface area contributed by atoms with Gasteiger partial charge in [0.2, 0.25) is 0 Å². The minimum Gasteiger partial charge on any atom is -0.338 e. The minimum atomic E-state index is -0.452. The molecule has 0 saturated carbocycles. The van der Waals surface area contributed by atoms with Crippen molar-refractivity contribution in [3.63, 3.8) is 0 Å². The highest BCUT2D eigenvalue weighted by molar-refractivity contribution is 7.18. The van der Waals surface area contributed by atoms with Crippen LogP contribution in [0.1, 0.15) is 51.3 Å². The minimum absolute atomic E-state index is 0.0363. The molecule has 1 aromatic carbocycles. The largest absolute Gasteiger partial charge is 0.338 e. The number of carbonyl (C=O) groups excluding carboxylic acids is 2. The van der Waals surface area contributed by atoms with E-state index in [1.54, 1.807) is 6.07 Å². The van der Waals surface area contributed by atoms with Crippen LogP contribution in [0.4, 0.5) is 9.39 Å². The van der Waals surface area contributed by atoms with E-state index in [1.165, 1.54) is 42.4 Å². The van der Waals surface area contributed by atoms with Crippen molar-refractivity contribution >= 4 is 28.2 Å². The maximum absolute atomic E-state index is 13.3. The molecule has 1 spiro atoms. The fraction of sp³-hybridized carbons (Fsp3) is 0.455. The molecular formula is C22H26FN3O2S. The van der Waals surface area contributed by atoms with Gasteiger partial charge in [-0.15, -0.1) is 11.3 Å². The van der Waals surface area contributed by atoms with E-state index in [9.17, 15) is 14.0 Å². The van der Waals surface area contributed by atoms with Gasteiger partial charge in [-0.2, -0.15) is 0 Å². The van der Waals surface area contributed by atoms with Gasteiger partial charge < -0.3 is 15.1 Å². The topological polar surface area (TPSA) is 52.7 Å². The van der Waals surface area contributed by atoms with E-state index in [2.05, 4.69) is 17.3 Å². The molecule has 7 heteroatoms. The number of halogens is 1. The molecule has 2 aliphatic heterocycles. The average Bonchev–Trinajstić information content (AvgIpc) is 3.24. The zero-order chi connectivity index (χ0) is 20.6. The van der Waals surface area contributed by atoms with Crippen LogP contribution >= 0.6 is 11.3 Å². The highest BCUT2D eigenvalue weighted by atomic mass is 32.1. The second-order valence-electron chi connectivity index (χ2n) is 8.13. The van der Waals surface area contributed by atoms with Crippen molar-refractivity contribution in [3.05, 3.63) is 52.2 Å². The molecule has 0 radical (unpaired) electrons. The summed E-state index contributed by atoms with van der Waals surface area (Å²) in [4.78, 5) is 30.5. The van der Waals surface area contributed by atoms with Gasteiger partial charge in [0.25, 0.3) is 11.8 Å². The SMILES string of the molecule is Cc1cc(NC(=O)c2cccc(F)c2)sc1C(=O)N1CCC2(CCCN2C)CC1. The number of nitrogens with one attached hydrogen (secondary N) is 1. The van der Waals surface area contributed by atoms with Crippen LogP contribution in [-0.2, 0) is 0 Å². The van der Waals surface area contributed by atoms with Gasteiger partial charge in [-0.1, -0.05) is 6.07 Å². The van der Waals surface area contributed by atoms with E-state index in [1.807, 2.05) is 17.9 Å². The van der Waals surface area contributed by atoms with Crippen molar-refractivity contribution in [2.45, 2.75) is 38.1 Å². The zero-order valence-electron chi connectivity index (χ0n) is 16.8. The molecule has 2 aromatic rings. The third kappa shape index (κ3) is 3.94. The summed E-state index contributed by atoms with van der Waals surface area (Å²) >= 11 is 1.29. The van der Waals surface area contributed by atoms with Gasteiger partial charge in [0.15, 0.2) is 0 Å². The molecule has 2 fully saturated rings. The summed E-state index contributed by atoms with van der Waals surface area (Å²) in [5.41, 5.74) is 1.38. The van der Waals surface area contributed by atoms with Crippen LogP contribution in [-0.4, -0.2) is 53.8 Å². The van der Waals surface area contributed by atoms with Crippen LogP contribution in [0.3, 0.4) is 0 Å². The second kappa shape index (κ2) is 7.88. The number of piperidine rings is 1.